The highest BCUT2D eigenvalue weighted by atomic mass is 19.1. The number of nitrogens with one attached hydrogen (secondary N) is 2. The highest BCUT2D eigenvalue weighted by Crippen LogP contribution is 2.30. The van der Waals surface area contributed by atoms with Gasteiger partial charge in [-0.15, -0.1) is 0 Å². The first-order valence-corrected chi connectivity index (χ1v) is 8.43. The van der Waals surface area contributed by atoms with Crippen molar-refractivity contribution in [2.24, 2.45) is 0 Å². The summed E-state index contributed by atoms with van der Waals surface area (Å²) in [5.41, 5.74) is 3.91. The number of halogens is 2. The highest BCUT2D eigenvalue weighted by molar-refractivity contribution is 6.00. The number of rotatable bonds is 6. The summed E-state index contributed by atoms with van der Waals surface area (Å²) in [6.45, 7) is 1.84. The van der Waals surface area contributed by atoms with Crippen molar-refractivity contribution in [2.75, 3.05) is 12.4 Å². The number of ether oxygens (including phenoxy) is 1. The molecule has 0 saturated carbocycles. The number of benzene rings is 2. The van der Waals surface area contributed by atoms with E-state index in [1.807, 2.05) is 0 Å². The monoisotopic (exact) mass is 375 g/mol. The Morgan fingerprint density at radius 2 is 2.07 bits per heavy atom. The Morgan fingerprint density at radius 1 is 1.30 bits per heavy atom. The minimum Gasteiger partial charge on any atom is -0.494 e. The average molecular weight is 375 g/mol. The average Bonchev–Trinajstić information content (AvgIpc) is 2.96. The van der Waals surface area contributed by atoms with Crippen molar-refractivity contribution in [1.29, 1.82) is 0 Å². The van der Waals surface area contributed by atoms with E-state index in [-0.39, 0.29) is 36.7 Å². The third-order valence-electron chi connectivity index (χ3n) is 4.32. The van der Waals surface area contributed by atoms with Gasteiger partial charge < -0.3 is 10.1 Å². The molecule has 0 saturated heterocycles. The summed E-state index contributed by atoms with van der Waals surface area (Å²) in [7, 11) is 1.37. The molecule has 0 aliphatic carbocycles. The van der Waals surface area contributed by atoms with E-state index in [2.05, 4.69) is 10.7 Å². The molecule has 142 valence electrons. The summed E-state index contributed by atoms with van der Waals surface area (Å²) >= 11 is 0. The molecule has 27 heavy (non-hydrogen) atoms. The van der Waals surface area contributed by atoms with Crippen molar-refractivity contribution in [3.8, 4) is 5.75 Å². The number of hydrazine groups is 1. The maximum Gasteiger partial charge on any atom is 0.273 e. The van der Waals surface area contributed by atoms with E-state index in [0.29, 0.717) is 16.8 Å². The Hall–Kier alpha value is -3.16. The number of hydrogen-bond acceptors (Lipinski definition) is 4. The van der Waals surface area contributed by atoms with Gasteiger partial charge in [-0.2, -0.15) is 0 Å². The van der Waals surface area contributed by atoms with Gasteiger partial charge in [0.05, 0.1) is 19.2 Å². The molecule has 8 heteroatoms. The molecule has 6 nitrogen and oxygen atoms in total. The fraction of sp³-hybridized carbons (Fsp3) is 0.263. The Bertz CT molecular complexity index is 902. The fourth-order valence-corrected chi connectivity index (χ4v) is 2.89. The quantitative estimate of drug-likeness (QED) is 0.814. The van der Waals surface area contributed by atoms with Crippen molar-refractivity contribution in [3.63, 3.8) is 0 Å². The van der Waals surface area contributed by atoms with Crippen molar-refractivity contribution in [2.45, 2.75) is 26.4 Å². The molecular formula is C19H19F2N3O3. The topological polar surface area (TPSA) is 70.7 Å². The lowest BCUT2D eigenvalue weighted by Crippen LogP contribution is -2.41. The lowest BCUT2D eigenvalue weighted by Gasteiger charge is -2.16. The molecule has 2 aromatic carbocycles. The van der Waals surface area contributed by atoms with E-state index < -0.39 is 17.5 Å². The molecule has 2 aromatic rings. The minimum absolute atomic E-state index is 0.0778. The van der Waals surface area contributed by atoms with Crippen LogP contribution in [-0.4, -0.2) is 23.9 Å². The molecule has 0 atom stereocenters. The van der Waals surface area contributed by atoms with Gasteiger partial charge in [0, 0.05) is 29.8 Å². The van der Waals surface area contributed by atoms with Crippen LogP contribution in [0.1, 0.15) is 34.8 Å². The molecule has 1 aliphatic heterocycles. The van der Waals surface area contributed by atoms with Crippen molar-refractivity contribution in [1.82, 2.24) is 10.4 Å². The van der Waals surface area contributed by atoms with Gasteiger partial charge in [0.2, 0.25) is 5.91 Å². The minimum atomic E-state index is -0.598. The van der Waals surface area contributed by atoms with E-state index in [9.17, 15) is 18.4 Å². The van der Waals surface area contributed by atoms with Crippen LogP contribution in [0.15, 0.2) is 30.3 Å². The number of fused-ring (bicyclic) bond motifs is 1. The molecule has 0 radical (unpaired) electrons. The van der Waals surface area contributed by atoms with Crippen LogP contribution in [0.5, 0.6) is 5.75 Å². The third-order valence-corrected chi connectivity index (χ3v) is 4.32. The fourth-order valence-electron chi connectivity index (χ4n) is 2.89. The second kappa shape index (κ2) is 7.61. The number of hydrogen-bond donors (Lipinski definition) is 2. The Labute approximate surface area is 155 Å². The van der Waals surface area contributed by atoms with Crippen LogP contribution in [0.25, 0.3) is 0 Å². The number of carbonyl (C=O) groups is 2. The molecule has 1 aliphatic rings. The van der Waals surface area contributed by atoms with Crippen LogP contribution in [0.2, 0.25) is 0 Å². The summed E-state index contributed by atoms with van der Waals surface area (Å²) in [6, 6.07) is 7.12. The SMILES string of the molecule is CCC(=O)NN1Cc2c(NCc3cccc(OC)c3F)cc(F)cc2C1=O. The molecule has 2 N–H and O–H groups in total. The van der Waals surface area contributed by atoms with Gasteiger partial charge in [-0.05, 0) is 18.2 Å². The zero-order chi connectivity index (χ0) is 19.6. The Kier molecular flexibility index (Phi) is 5.25. The van der Waals surface area contributed by atoms with Gasteiger partial charge in [0.1, 0.15) is 5.82 Å². The van der Waals surface area contributed by atoms with E-state index in [0.717, 1.165) is 11.1 Å². The first-order chi connectivity index (χ1) is 12.9. The molecule has 2 amide bonds. The van der Waals surface area contributed by atoms with E-state index in [1.165, 1.54) is 19.2 Å². The summed E-state index contributed by atoms with van der Waals surface area (Å²) in [5.74, 6) is -1.79. The highest BCUT2D eigenvalue weighted by Gasteiger charge is 2.31. The molecule has 3 rings (SSSR count). The van der Waals surface area contributed by atoms with Gasteiger partial charge in [-0.3, -0.25) is 15.0 Å². The smallest absolute Gasteiger partial charge is 0.273 e. The summed E-state index contributed by atoms with van der Waals surface area (Å²) < 4.78 is 33.2. The first kappa shape index (κ1) is 18.6. The molecule has 0 aromatic heterocycles. The maximum absolute atomic E-state index is 14.3. The maximum atomic E-state index is 14.3. The van der Waals surface area contributed by atoms with Crippen molar-refractivity contribution < 1.29 is 23.1 Å². The van der Waals surface area contributed by atoms with Gasteiger partial charge >= 0.3 is 0 Å². The molecule has 0 spiro atoms. The lowest BCUT2D eigenvalue weighted by molar-refractivity contribution is -0.124. The summed E-state index contributed by atoms with van der Waals surface area (Å²) in [4.78, 5) is 24.0. The van der Waals surface area contributed by atoms with Crippen LogP contribution in [-0.2, 0) is 17.9 Å². The molecular weight excluding hydrogens is 356 g/mol. The lowest BCUT2D eigenvalue weighted by atomic mass is 10.1. The van der Waals surface area contributed by atoms with E-state index >= 15 is 0 Å². The Morgan fingerprint density at radius 3 is 2.78 bits per heavy atom. The molecule has 1 heterocycles. The van der Waals surface area contributed by atoms with Crippen molar-refractivity contribution in [3.05, 3.63) is 58.7 Å². The van der Waals surface area contributed by atoms with Gasteiger partial charge in [-0.1, -0.05) is 19.1 Å². The van der Waals surface area contributed by atoms with Crippen LogP contribution >= 0.6 is 0 Å². The third kappa shape index (κ3) is 3.69. The first-order valence-electron chi connectivity index (χ1n) is 8.43. The standard InChI is InChI=1S/C19H19F2N3O3/c1-3-17(25)23-24-10-14-13(19(24)26)7-12(20)8-15(14)22-9-11-5-4-6-16(27-2)18(11)21/h4-8,22H,3,9-10H2,1-2H3,(H,23,25). The second-order valence-corrected chi connectivity index (χ2v) is 6.05. The number of carbonyl (C=O) groups excluding carboxylic acids is 2. The molecule has 0 bridgehead atoms. The predicted octanol–water partition coefficient (Wildman–Crippen LogP) is 2.98. The van der Waals surface area contributed by atoms with Crippen LogP contribution < -0.4 is 15.5 Å². The zero-order valence-electron chi connectivity index (χ0n) is 14.9. The molecule has 0 unspecified atom stereocenters. The predicted molar refractivity (Wildman–Crippen MR) is 95.0 cm³/mol. The normalized spacial score (nSPS) is 12.7. The number of nitrogens with zero attached hydrogens (tertiary/aromatic N) is 1. The van der Waals surface area contributed by atoms with Crippen LogP contribution in [0.3, 0.4) is 0 Å². The summed E-state index contributed by atoms with van der Waals surface area (Å²) in [6.07, 6.45) is 0.217. The van der Waals surface area contributed by atoms with Gasteiger partial charge in [0.15, 0.2) is 11.6 Å². The van der Waals surface area contributed by atoms with Crippen molar-refractivity contribution >= 4 is 17.5 Å². The number of methoxy groups -OCH3 is 1. The zero-order valence-corrected chi connectivity index (χ0v) is 14.9. The molecule has 0 fully saturated rings. The van der Waals surface area contributed by atoms with Crippen LogP contribution in [0, 0.1) is 11.6 Å². The number of anilines is 1. The summed E-state index contributed by atoms with van der Waals surface area (Å²) in [5, 5.41) is 4.12. The Balaban J connectivity index is 1.84. The number of amides is 2. The van der Waals surface area contributed by atoms with Gasteiger partial charge in [0.25, 0.3) is 5.91 Å². The van der Waals surface area contributed by atoms with Crippen LogP contribution in [0.4, 0.5) is 14.5 Å². The van der Waals surface area contributed by atoms with Gasteiger partial charge in [-0.25, -0.2) is 13.8 Å². The van der Waals surface area contributed by atoms with E-state index in [4.69, 9.17) is 4.74 Å². The largest absolute Gasteiger partial charge is 0.494 e. The second-order valence-electron chi connectivity index (χ2n) is 6.05. The van der Waals surface area contributed by atoms with E-state index in [1.54, 1.807) is 19.1 Å².